The molecular formula is C16H13FN4O4S. The van der Waals surface area contributed by atoms with Crippen LogP contribution in [0.4, 0.5) is 4.39 Å². The molecule has 8 nitrogen and oxygen atoms in total. The van der Waals surface area contributed by atoms with Crippen LogP contribution in [0.2, 0.25) is 0 Å². The van der Waals surface area contributed by atoms with Crippen LogP contribution in [0.5, 0.6) is 0 Å². The van der Waals surface area contributed by atoms with Crippen molar-refractivity contribution in [2.45, 2.75) is 23.8 Å². The van der Waals surface area contributed by atoms with E-state index >= 15 is 0 Å². The van der Waals surface area contributed by atoms with E-state index in [1.165, 1.54) is 6.07 Å². The zero-order chi connectivity index (χ0) is 18.7. The van der Waals surface area contributed by atoms with Gasteiger partial charge in [-0.25, -0.2) is 14.4 Å². The van der Waals surface area contributed by atoms with Crippen LogP contribution in [0.1, 0.15) is 17.7 Å². The molecule has 0 aliphatic heterocycles. The number of aliphatic carboxylic acids is 1. The number of benzene rings is 1. The first-order valence-corrected chi connectivity index (χ1v) is 8.54. The molecule has 0 atom stereocenters. The SMILES string of the molecule is O=C(O)CCc1nc2c(=O)[nH]c(SCc3ccccc3F)nc2[nH]c1=O. The maximum atomic E-state index is 13.6. The van der Waals surface area contributed by atoms with Crippen LogP contribution in [0, 0.1) is 5.82 Å². The van der Waals surface area contributed by atoms with E-state index in [-0.39, 0.29) is 46.4 Å². The van der Waals surface area contributed by atoms with E-state index in [1.807, 2.05) is 0 Å². The van der Waals surface area contributed by atoms with Crippen LogP contribution in [0.3, 0.4) is 0 Å². The molecule has 0 amide bonds. The van der Waals surface area contributed by atoms with Crippen molar-refractivity contribution < 1.29 is 14.3 Å². The van der Waals surface area contributed by atoms with Crippen LogP contribution >= 0.6 is 11.8 Å². The second-order valence-electron chi connectivity index (χ2n) is 5.35. The molecule has 0 saturated heterocycles. The highest BCUT2D eigenvalue weighted by molar-refractivity contribution is 7.98. The van der Waals surface area contributed by atoms with Gasteiger partial charge >= 0.3 is 5.97 Å². The maximum absolute atomic E-state index is 13.6. The predicted molar refractivity (Wildman–Crippen MR) is 92.7 cm³/mol. The van der Waals surface area contributed by atoms with Crippen LogP contribution < -0.4 is 11.1 Å². The third-order valence-electron chi connectivity index (χ3n) is 3.51. The number of nitrogens with one attached hydrogen (secondary N) is 2. The van der Waals surface area contributed by atoms with Gasteiger partial charge in [0, 0.05) is 12.2 Å². The summed E-state index contributed by atoms with van der Waals surface area (Å²) in [7, 11) is 0. The Labute approximate surface area is 149 Å². The normalized spacial score (nSPS) is 11.0. The van der Waals surface area contributed by atoms with Gasteiger partial charge in [-0.1, -0.05) is 30.0 Å². The van der Waals surface area contributed by atoms with E-state index < -0.39 is 17.1 Å². The third-order valence-corrected chi connectivity index (χ3v) is 4.43. The maximum Gasteiger partial charge on any atom is 0.303 e. The number of aromatic amines is 2. The Balaban J connectivity index is 1.89. The van der Waals surface area contributed by atoms with Crippen molar-refractivity contribution in [3.8, 4) is 0 Å². The number of thioether (sulfide) groups is 1. The van der Waals surface area contributed by atoms with E-state index in [0.29, 0.717) is 5.56 Å². The van der Waals surface area contributed by atoms with Crippen LogP contribution in [-0.2, 0) is 17.0 Å². The molecule has 0 spiro atoms. The summed E-state index contributed by atoms with van der Waals surface area (Å²) in [5, 5.41) is 8.90. The second kappa shape index (κ2) is 7.48. The van der Waals surface area contributed by atoms with Crippen molar-refractivity contribution >= 4 is 28.9 Å². The Bertz CT molecular complexity index is 1100. The highest BCUT2D eigenvalue weighted by atomic mass is 32.2. The van der Waals surface area contributed by atoms with E-state index in [9.17, 15) is 18.8 Å². The van der Waals surface area contributed by atoms with Crippen LogP contribution in [0.15, 0.2) is 39.0 Å². The number of fused-ring (bicyclic) bond motifs is 1. The molecule has 0 radical (unpaired) electrons. The van der Waals surface area contributed by atoms with Crippen molar-refractivity contribution in [1.82, 2.24) is 19.9 Å². The average Bonchev–Trinajstić information content (AvgIpc) is 2.59. The van der Waals surface area contributed by atoms with Gasteiger partial charge in [0.05, 0.1) is 6.42 Å². The number of carboxylic acid groups (broad SMARTS) is 1. The van der Waals surface area contributed by atoms with E-state index in [0.717, 1.165) is 11.8 Å². The van der Waals surface area contributed by atoms with Gasteiger partial charge in [0.2, 0.25) is 0 Å². The first kappa shape index (κ1) is 17.8. The van der Waals surface area contributed by atoms with Gasteiger partial charge < -0.3 is 10.1 Å². The fourth-order valence-corrected chi connectivity index (χ4v) is 3.07. The first-order valence-electron chi connectivity index (χ1n) is 7.55. The molecule has 134 valence electrons. The van der Waals surface area contributed by atoms with Crippen LogP contribution in [0.25, 0.3) is 11.2 Å². The third kappa shape index (κ3) is 3.97. The largest absolute Gasteiger partial charge is 0.481 e. The Kier molecular flexibility index (Phi) is 5.12. The number of carboxylic acids is 1. The number of nitrogens with zero attached hydrogens (tertiary/aromatic N) is 2. The minimum Gasteiger partial charge on any atom is -0.481 e. The van der Waals surface area contributed by atoms with E-state index in [1.54, 1.807) is 18.2 Å². The summed E-state index contributed by atoms with van der Waals surface area (Å²) in [4.78, 5) is 47.8. The molecule has 3 aromatic rings. The number of carbonyl (C=O) groups is 1. The molecule has 0 bridgehead atoms. The quantitative estimate of drug-likeness (QED) is 0.439. The standard InChI is InChI=1S/C16H13FN4O4S/c17-9-4-2-1-3-8(9)7-26-16-20-13-12(15(25)21-16)18-10(14(24)19-13)5-6-11(22)23/h1-4H,5-7H2,(H,22,23)(H2,19,20,21,24,25). The lowest BCUT2D eigenvalue weighted by molar-refractivity contribution is -0.136. The van der Waals surface area contributed by atoms with Gasteiger partial charge in [-0.3, -0.25) is 19.4 Å². The summed E-state index contributed by atoms with van der Waals surface area (Å²) in [5.74, 6) is -1.19. The highest BCUT2D eigenvalue weighted by Gasteiger charge is 2.12. The molecule has 1 aromatic carbocycles. The molecule has 2 heterocycles. The predicted octanol–water partition coefficient (Wildman–Crippen LogP) is 1.46. The number of H-pyrrole nitrogens is 2. The van der Waals surface area contributed by atoms with Gasteiger partial charge in [-0.2, -0.15) is 0 Å². The zero-order valence-corrected chi connectivity index (χ0v) is 14.1. The van der Waals surface area contributed by atoms with E-state index in [2.05, 4.69) is 19.9 Å². The molecule has 0 aliphatic carbocycles. The van der Waals surface area contributed by atoms with Gasteiger partial charge in [0.15, 0.2) is 16.3 Å². The summed E-state index contributed by atoms with van der Waals surface area (Å²) >= 11 is 1.11. The Hall–Kier alpha value is -3.01. The molecule has 10 heteroatoms. The topological polar surface area (TPSA) is 129 Å². The summed E-state index contributed by atoms with van der Waals surface area (Å²) < 4.78 is 13.6. The molecule has 2 aromatic heterocycles. The van der Waals surface area contributed by atoms with Crippen molar-refractivity contribution in [2.75, 3.05) is 0 Å². The molecule has 26 heavy (non-hydrogen) atoms. The monoisotopic (exact) mass is 376 g/mol. The lowest BCUT2D eigenvalue weighted by Crippen LogP contribution is -2.21. The molecule has 0 unspecified atom stereocenters. The zero-order valence-electron chi connectivity index (χ0n) is 13.3. The van der Waals surface area contributed by atoms with Crippen molar-refractivity contribution in [3.63, 3.8) is 0 Å². The lowest BCUT2D eigenvalue weighted by atomic mass is 10.2. The minimum absolute atomic E-state index is 0.00569. The lowest BCUT2D eigenvalue weighted by Gasteiger charge is -2.05. The molecule has 0 aliphatic rings. The molecule has 0 fully saturated rings. The fourth-order valence-electron chi connectivity index (χ4n) is 2.23. The summed E-state index contributed by atoms with van der Waals surface area (Å²) in [6.45, 7) is 0. The molecule has 3 rings (SSSR count). The Morgan fingerprint density at radius 1 is 1.15 bits per heavy atom. The van der Waals surface area contributed by atoms with Crippen molar-refractivity contribution in [1.29, 1.82) is 0 Å². The van der Waals surface area contributed by atoms with Crippen molar-refractivity contribution in [2.24, 2.45) is 0 Å². The first-order chi connectivity index (χ1) is 12.4. The number of aryl methyl sites for hydroxylation is 1. The van der Waals surface area contributed by atoms with E-state index in [4.69, 9.17) is 5.11 Å². The Morgan fingerprint density at radius 2 is 1.92 bits per heavy atom. The summed E-state index contributed by atoms with van der Waals surface area (Å²) in [6, 6.07) is 6.25. The average molecular weight is 376 g/mol. The van der Waals surface area contributed by atoms with Gasteiger partial charge in [0.1, 0.15) is 11.5 Å². The number of rotatable bonds is 6. The van der Waals surface area contributed by atoms with Gasteiger partial charge in [0.25, 0.3) is 11.1 Å². The summed E-state index contributed by atoms with van der Waals surface area (Å²) in [6.07, 6.45) is -0.368. The Morgan fingerprint density at radius 3 is 2.65 bits per heavy atom. The number of hydrogen-bond donors (Lipinski definition) is 3. The fraction of sp³-hybridized carbons (Fsp3) is 0.188. The van der Waals surface area contributed by atoms with Crippen LogP contribution in [-0.4, -0.2) is 31.0 Å². The van der Waals surface area contributed by atoms with Crippen molar-refractivity contribution in [3.05, 3.63) is 62.0 Å². The molecule has 3 N–H and O–H groups in total. The van der Waals surface area contributed by atoms with Gasteiger partial charge in [-0.05, 0) is 11.6 Å². The summed E-state index contributed by atoms with van der Waals surface area (Å²) in [5.41, 5.74) is -0.843. The molecular weight excluding hydrogens is 363 g/mol. The number of halogens is 1. The minimum atomic E-state index is -1.07. The smallest absolute Gasteiger partial charge is 0.303 e. The number of aromatic nitrogens is 4. The second-order valence-corrected chi connectivity index (χ2v) is 6.32. The number of hydrogen-bond acceptors (Lipinski definition) is 6. The van der Waals surface area contributed by atoms with Gasteiger partial charge in [-0.15, -0.1) is 0 Å². The molecule has 0 saturated carbocycles. The highest BCUT2D eigenvalue weighted by Crippen LogP contribution is 2.20.